The molecule has 0 saturated carbocycles. The molecule has 1 unspecified atom stereocenters. The van der Waals surface area contributed by atoms with E-state index in [0.717, 1.165) is 116 Å². The lowest BCUT2D eigenvalue weighted by Gasteiger charge is -2.18. The molecule has 438 valence electrons. The van der Waals surface area contributed by atoms with Crippen LogP contribution in [0.1, 0.15) is 323 Å². The van der Waals surface area contributed by atoms with Crippen molar-refractivity contribution in [2.24, 2.45) is 0 Å². The molecule has 0 saturated heterocycles. The zero-order valence-electron chi connectivity index (χ0n) is 50.3. The topological polar surface area (TPSA) is 78.9 Å². The Morgan fingerprint density at radius 1 is 0.276 bits per heavy atom. The molecule has 0 aromatic carbocycles. The van der Waals surface area contributed by atoms with Crippen LogP contribution < -0.4 is 0 Å². The third-order valence-corrected chi connectivity index (χ3v) is 14.1. The van der Waals surface area contributed by atoms with Crippen LogP contribution in [0.4, 0.5) is 0 Å². The molecule has 76 heavy (non-hydrogen) atoms. The van der Waals surface area contributed by atoms with Crippen LogP contribution in [0.5, 0.6) is 0 Å². The van der Waals surface area contributed by atoms with Gasteiger partial charge in [-0.25, -0.2) is 0 Å². The zero-order chi connectivity index (χ0) is 55.0. The fourth-order valence-electron chi connectivity index (χ4n) is 9.27. The Kier molecular flexibility index (Phi) is 61.2. The Morgan fingerprint density at radius 2 is 0.513 bits per heavy atom. The first-order valence-corrected chi connectivity index (χ1v) is 32.6. The van der Waals surface area contributed by atoms with Crippen LogP contribution in [-0.2, 0) is 28.6 Å². The van der Waals surface area contributed by atoms with Gasteiger partial charge in [0.15, 0.2) is 6.10 Å². The Morgan fingerprint density at radius 3 is 0.803 bits per heavy atom. The largest absolute Gasteiger partial charge is 0.462 e. The van der Waals surface area contributed by atoms with Gasteiger partial charge in [-0.1, -0.05) is 292 Å². The molecule has 0 heterocycles. The van der Waals surface area contributed by atoms with E-state index < -0.39 is 6.10 Å². The molecule has 0 aromatic rings. The number of unbranched alkanes of at least 4 members (excludes halogenated alkanes) is 34. The van der Waals surface area contributed by atoms with Crippen LogP contribution in [0.15, 0.2) is 85.1 Å². The quantitative estimate of drug-likeness (QED) is 0.0261. The predicted octanol–water partition coefficient (Wildman–Crippen LogP) is 22.3. The number of carbonyl (C=O) groups excluding carboxylic acids is 3. The van der Waals surface area contributed by atoms with E-state index in [4.69, 9.17) is 14.2 Å². The minimum atomic E-state index is -0.788. The fraction of sp³-hybridized carbons (Fsp3) is 0.757. The monoisotopic (exact) mass is 1060 g/mol. The third kappa shape index (κ3) is 61.4. The molecule has 0 aliphatic rings. The van der Waals surface area contributed by atoms with E-state index in [-0.39, 0.29) is 31.1 Å². The van der Waals surface area contributed by atoms with Crippen LogP contribution in [-0.4, -0.2) is 37.2 Å². The van der Waals surface area contributed by atoms with Crippen molar-refractivity contribution in [2.45, 2.75) is 329 Å². The molecular weight excluding hydrogens is 937 g/mol. The molecule has 0 amide bonds. The summed E-state index contributed by atoms with van der Waals surface area (Å²) in [6.45, 7) is 6.54. The van der Waals surface area contributed by atoms with Crippen molar-refractivity contribution in [1.82, 2.24) is 0 Å². The third-order valence-electron chi connectivity index (χ3n) is 14.1. The van der Waals surface area contributed by atoms with Gasteiger partial charge in [-0.15, -0.1) is 0 Å². The molecule has 6 heteroatoms. The van der Waals surface area contributed by atoms with Gasteiger partial charge in [0.1, 0.15) is 13.2 Å². The number of esters is 3. The summed E-state index contributed by atoms with van der Waals surface area (Å²) in [5.41, 5.74) is 0. The van der Waals surface area contributed by atoms with Gasteiger partial charge in [0.2, 0.25) is 0 Å². The van der Waals surface area contributed by atoms with Crippen LogP contribution >= 0.6 is 0 Å². The Balaban J connectivity index is 4.40. The molecule has 0 radical (unpaired) electrons. The maximum Gasteiger partial charge on any atom is 0.306 e. The van der Waals surface area contributed by atoms with Gasteiger partial charge in [0.05, 0.1) is 0 Å². The van der Waals surface area contributed by atoms with Crippen molar-refractivity contribution >= 4 is 17.9 Å². The lowest BCUT2D eigenvalue weighted by Crippen LogP contribution is -2.30. The number of allylic oxidation sites excluding steroid dienone is 14. The average molecular weight is 1060 g/mol. The second-order valence-electron chi connectivity index (χ2n) is 21.6. The van der Waals surface area contributed by atoms with Crippen LogP contribution in [0, 0.1) is 0 Å². The van der Waals surface area contributed by atoms with E-state index in [1.165, 1.54) is 167 Å². The van der Waals surface area contributed by atoms with Crippen molar-refractivity contribution in [1.29, 1.82) is 0 Å². The summed E-state index contributed by atoms with van der Waals surface area (Å²) in [5, 5.41) is 0. The Bertz CT molecular complexity index is 1450. The summed E-state index contributed by atoms with van der Waals surface area (Å²) < 4.78 is 16.9. The first kappa shape index (κ1) is 72.6. The minimum Gasteiger partial charge on any atom is -0.462 e. The van der Waals surface area contributed by atoms with E-state index in [1.54, 1.807) is 0 Å². The average Bonchev–Trinajstić information content (AvgIpc) is 3.42. The highest BCUT2D eigenvalue weighted by molar-refractivity contribution is 5.71. The first-order chi connectivity index (χ1) is 37.5. The maximum atomic E-state index is 12.9. The van der Waals surface area contributed by atoms with Crippen molar-refractivity contribution in [3.8, 4) is 0 Å². The van der Waals surface area contributed by atoms with Crippen molar-refractivity contribution in [3.05, 3.63) is 85.1 Å². The van der Waals surface area contributed by atoms with Gasteiger partial charge < -0.3 is 14.2 Å². The summed E-state index contributed by atoms with van der Waals surface area (Å²) in [6, 6.07) is 0. The SMILES string of the molecule is CC/C=C\C/C=C\C/C=C\C/C=C\CCCCCCCCCCC(=O)OCC(COC(=O)CCCCCCCCCCCCCCCCCC)OC(=O)CCCCCCCC/C=C\C/C=C\C/C=C\CCCCCCC. The number of rotatable bonds is 59. The molecule has 0 fully saturated rings. The Labute approximate surface area is 471 Å². The van der Waals surface area contributed by atoms with E-state index in [9.17, 15) is 14.4 Å². The summed E-state index contributed by atoms with van der Waals surface area (Å²) >= 11 is 0. The highest BCUT2D eigenvalue weighted by Crippen LogP contribution is 2.17. The predicted molar refractivity (Wildman–Crippen MR) is 330 cm³/mol. The van der Waals surface area contributed by atoms with Crippen molar-refractivity contribution in [2.75, 3.05) is 13.2 Å². The minimum absolute atomic E-state index is 0.0818. The lowest BCUT2D eigenvalue weighted by molar-refractivity contribution is -0.167. The smallest absolute Gasteiger partial charge is 0.306 e. The van der Waals surface area contributed by atoms with Gasteiger partial charge in [-0.3, -0.25) is 14.4 Å². The highest BCUT2D eigenvalue weighted by Gasteiger charge is 2.19. The summed E-state index contributed by atoms with van der Waals surface area (Å²) in [6.07, 6.45) is 84.4. The summed E-state index contributed by atoms with van der Waals surface area (Å²) in [7, 11) is 0. The van der Waals surface area contributed by atoms with Gasteiger partial charge in [-0.05, 0) is 96.3 Å². The van der Waals surface area contributed by atoms with Crippen molar-refractivity contribution < 1.29 is 28.6 Å². The number of carbonyl (C=O) groups is 3. The first-order valence-electron chi connectivity index (χ1n) is 32.6. The van der Waals surface area contributed by atoms with E-state index >= 15 is 0 Å². The van der Waals surface area contributed by atoms with Gasteiger partial charge in [0.25, 0.3) is 0 Å². The second-order valence-corrected chi connectivity index (χ2v) is 21.6. The zero-order valence-corrected chi connectivity index (χ0v) is 50.3. The highest BCUT2D eigenvalue weighted by atomic mass is 16.6. The molecule has 0 rings (SSSR count). The molecule has 6 nitrogen and oxygen atoms in total. The maximum absolute atomic E-state index is 12.9. The van der Waals surface area contributed by atoms with Gasteiger partial charge in [0, 0.05) is 19.3 Å². The van der Waals surface area contributed by atoms with E-state index in [1.807, 2.05) is 0 Å². The number of ether oxygens (including phenoxy) is 3. The van der Waals surface area contributed by atoms with Crippen molar-refractivity contribution in [3.63, 3.8) is 0 Å². The van der Waals surface area contributed by atoms with E-state index in [2.05, 4.69) is 106 Å². The van der Waals surface area contributed by atoms with Crippen LogP contribution in [0.3, 0.4) is 0 Å². The van der Waals surface area contributed by atoms with Crippen LogP contribution in [0.25, 0.3) is 0 Å². The van der Waals surface area contributed by atoms with Crippen LogP contribution in [0.2, 0.25) is 0 Å². The van der Waals surface area contributed by atoms with Gasteiger partial charge >= 0.3 is 17.9 Å². The fourth-order valence-corrected chi connectivity index (χ4v) is 9.27. The second kappa shape index (κ2) is 64.1. The van der Waals surface area contributed by atoms with E-state index in [0.29, 0.717) is 19.3 Å². The molecule has 0 spiro atoms. The summed E-state index contributed by atoms with van der Waals surface area (Å²) in [5.74, 6) is -0.888. The molecule has 0 bridgehead atoms. The number of hydrogen-bond acceptors (Lipinski definition) is 6. The number of hydrogen-bond donors (Lipinski definition) is 0. The molecule has 0 aliphatic heterocycles. The summed E-state index contributed by atoms with van der Waals surface area (Å²) in [4.78, 5) is 38.4. The normalized spacial score (nSPS) is 12.6. The molecule has 1 atom stereocenters. The molecule has 0 aromatic heterocycles. The molecule has 0 aliphatic carbocycles. The molecule has 0 N–H and O–H groups in total. The van der Waals surface area contributed by atoms with Gasteiger partial charge in [-0.2, -0.15) is 0 Å². The standard InChI is InChI=1S/C70H122O6/c1-4-7-10-13-16-19-22-25-28-31-33-35-37-39-42-45-48-51-54-57-60-63-69(72)75-66-67(65-74-68(71)62-59-56-53-50-47-44-41-30-27-24-21-18-15-12-9-6-3)76-70(73)64-61-58-55-52-49-46-43-40-38-36-34-32-29-26-23-20-17-14-11-8-5-2/h7,10,16,19,23,25-26,28,32-35,38,40,67H,4-6,8-9,11-15,17-18,20-22,24,27,29-31,36-37,39,41-66H2,1-3H3/b10-7-,19-16-,26-23-,28-25-,34-32-,35-33-,40-38-. The Hall–Kier alpha value is -3.41. The molecular formula is C70H122O6. The lowest BCUT2D eigenvalue weighted by atomic mass is 10.0.